The third-order valence-corrected chi connectivity index (χ3v) is 4.38. The molecule has 0 N–H and O–H groups in total. The van der Waals surface area contributed by atoms with Crippen LogP contribution in [-0.4, -0.2) is 38.3 Å². The van der Waals surface area contributed by atoms with Crippen molar-refractivity contribution in [3.63, 3.8) is 0 Å². The molecule has 3 heteroatoms. The molecule has 0 spiro atoms. The van der Waals surface area contributed by atoms with Gasteiger partial charge in [0.1, 0.15) is 0 Å². The molecular formula is C14H24N2O. The molecule has 0 aromatic heterocycles. The van der Waals surface area contributed by atoms with E-state index < -0.39 is 0 Å². The van der Waals surface area contributed by atoms with Gasteiger partial charge < -0.3 is 9.64 Å². The van der Waals surface area contributed by atoms with E-state index in [1.807, 2.05) is 0 Å². The minimum Gasteiger partial charge on any atom is -0.381 e. The molecule has 1 aliphatic carbocycles. The maximum Gasteiger partial charge on any atom is 0.0703 e. The van der Waals surface area contributed by atoms with E-state index in [9.17, 15) is 5.26 Å². The minimum absolute atomic E-state index is 0.00950. The van der Waals surface area contributed by atoms with Crippen LogP contribution >= 0.6 is 0 Å². The van der Waals surface area contributed by atoms with Gasteiger partial charge in [0.25, 0.3) is 0 Å². The SMILES string of the molecule is CN(CCC1CCOCC1)CC1(C#N)CCC1. The second-order valence-electron chi connectivity index (χ2n) is 5.83. The van der Waals surface area contributed by atoms with Gasteiger partial charge in [-0.3, -0.25) is 0 Å². The molecule has 0 aromatic carbocycles. The lowest BCUT2D eigenvalue weighted by Crippen LogP contribution is -2.40. The summed E-state index contributed by atoms with van der Waals surface area (Å²) in [6.07, 6.45) is 7.15. The first-order chi connectivity index (χ1) is 8.24. The zero-order valence-electron chi connectivity index (χ0n) is 11.0. The van der Waals surface area contributed by atoms with Crippen LogP contribution < -0.4 is 0 Å². The molecule has 1 aliphatic heterocycles. The number of nitrogens with zero attached hydrogens (tertiary/aromatic N) is 2. The van der Waals surface area contributed by atoms with Crippen LogP contribution in [0.15, 0.2) is 0 Å². The predicted molar refractivity (Wildman–Crippen MR) is 67.6 cm³/mol. The normalized spacial score (nSPS) is 24.3. The van der Waals surface area contributed by atoms with E-state index in [1.54, 1.807) is 0 Å². The van der Waals surface area contributed by atoms with Gasteiger partial charge in [-0.25, -0.2) is 0 Å². The number of rotatable bonds is 5. The third kappa shape index (κ3) is 3.43. The van der Waals surface area contributed by atoms with Crippen molar-refractivity contribution in [2.45, 2.75) is 38.5 Å². The molecule has 1 saturated carbocycles. The Hall–Kier alpha value is -0.590. The Bertz CT molecular complexity index is 274. The van der Waals surface area contributed by atoms with Crippen LogP contribution in [-0.2, 0) is 4.74 Å². The molecule has 0 atom stereocenters. The Morgan fingerprint density at radius 1 is 1.35 bits per heavy atom. The molecule has 0 bridgehead atoms. The highest BCUT2D eigenvalue weighted by Gasteiger charge is 2.37. The van der Waals surface area contributed by atoms with E-state index in [1.165, 1.54) is 25.7 Å². The largest absolute Gasteiger partial charge is 0.381 e. The molecule has 96 valence electrons. The summed E-state index contributed by atoms with van der Waals surface area (Å²) in [6, 6.07) is 2.52. The molecular weight excluding hydrogens is 212 g/mol. The van der Waals surface area contributed by atoms with Crippen LogP contribution in [0.2, 0.25) is 0 Å². The molecule has 2 aliphatic rings. The minimum atomic E-state index is -0.00950. The fourth-order valence-corrected chi connectivity index (χ4v) is 2.94. The Morgan fingerprint density at radius 2 is 2.06 bits per heavy atom. The lowest BCUT2D eigenvalue weighted by atomic mass is 9.69. The van der Waals surface area contributed by atoms with Crippen molar-refractivity contribution in [1.29, 1.82) is 5.26 Å². The zero-order chi connectivity index (χ0) is 12.1. The van der Waals surface area contributed by atoms with Crippen molar-refractivity contribution in [3.05, 3.63) is 0 Å². The van der Waals surface area contributed by atoms with Crippen molar-refractivity contribution < 1.29 is 4.74 Å². The lowest BCUT2D eigenvalue weighted by molar-refractivity contribution is 0.0580. The van der Waals surface area contributed by atoms with E-state index in [-0.39, 0.29) is 5.41 Å². The van der Waals surface area contributed by atoms with E-state index in [4.69, 9.17) is 4.74 Å². The Kier molecular flexibility index (Phi) is 4.42. The lowest BCUT2D eigenvalue weighted by Gasteiger charge is -2.38. The van der Waals surface area contributed by atoms with E-state index in [0.717, 1.165) is 45.1 Å². The van der Waals surface area contributed by atoms with Crippen molar-refractivity contribution in [1.82, 2.24) is 4.90 Å². The maximum absolute atomic E-state index is 9.21. The van der Waals surface area contributed by atoms with E-state index >= 15 is 0 Å². The molecule has 1 heterocycles. The third-order valence-electron chi connectivity index (χ3n) is 4.38. The van der Waals surface area contributed by atoms with Crippen molar-refractivity contribution in [2.75, 3.05) is 33.4 Å². The van der Waals surface area contributed by atoms with Crippen LogP contribution in [0.1, 0.15) is 38.5 Å². The topological polar surface area (TPSA) is 36.3 Å². The van der Waals surface area contributed by atoms with Crippen molar-refractivity contribution in [3.8, 4) is 6.07 Å². The summed E-state index contributed by atoms with van der Waals surface area (Å²) in [5.41, 5.74) is -0.00950. The first-order valence-electron chi connectivity index (χ1n) is 6.92. The number of nitriles is 1. The fourth-order valence-electron chi connectivity index (χ4n) is 2.94. The molecule has 2 rings (SSSR count). The van der Waals surface area contributed by atoms with Crippen molar-refractivity contribution >= 4 is 0 Å². The molecule has 0 radical (unpaired) electrons. The van der Waals surface area contributed by atoms with Gasteiger partial charge in [-0.05, 0) is 51.6 Å². The standard InChI is InChI=1S/C14H24N2O/c1-16(12-14(11-15)6-2-7-14)8-3-13-4-9-17-10-5-13/h13H,2-10,12H2,1H3. The Balaban J connectivity index is 1.66. The highest BCUT2D eigenvalue weighted by atomic mass is 16.5. The van der Waals surface area contributed by atoms with E-state index in [0.29, 0.717) is 0 Å². The molecule has 0 aromatic rings. The summed E-state index contributed by atoms with van der Waals surface area (Å²) in [5, 5.41) is 9.21. The van der Waals surface area contributed by atoms with Crippen LogP contribution in [0.25, 0.3) is 0 Å². The molecule has 3 nitrogen and oxygen atoms in total. The van der Waals surface area contributed by atoms with Gasteiger partial charge in [0, 0.05) is 19.8 Å². The summed E-state index contributed by atoms with van der Waals surface area (Å²) in [4.78, 5) is 2.36. The number of hydrogen-bond acceptors (Lipinski definition) is 3. The van der Waals surface area contributed by atoms with Gasteiger partial charge >= 0.3 is 0 Å². The second kappa shape index (κ2) is 5.84. The first-order valence-corrected chi connectivity index (χ1v) is 6.92. The van der Waals surface area contributed by atoms with Crippen LogP contribution in [0.4, 0.5) is 0 Å². The molecule has 1 saturated heterocycles. The highest BCUT2D eigenvalue weighted by Crippen LogP contribution is 2.40. The quantitative estimate of drug-likeness (QED) is 0.735. The van der Waals surface area contributed by atoms with Crippen LogP contribution in [0.3, 0.4) is 0 Å². The maximum atomic E-state index is 9.21. The van der Waals surface area contributed by atoms with Gasteiger partial charge in [0.15, 0.2) is 0 Å². The van der Waals surface area contributed by atoms with Gasteiger partial charge in [-0.1, -0.05) is 6.42 Å². The fraction of sp³-hybridized carbons (Fsp3) is 0.929. The second-order valence-corrected chi connectivity index (χ2v) is 5.83. The van der Waals surface area contributed by atoms with Crippen LogP contribution in [0.5, 0.6) is 0 Å². The van der Waals surface area contributed by atoms with Gasteiger partial charge in [-0.2, -0.15) is 5.26 Å². The summed E-state index contributed by atoms with van der Waals surface area (Å²) >= 11 is 0. The van der Waals surface area contributed by atoms with Crippen molar-refractivity contribution in [2.24, 2.45) is 11.3 Å². The Morgan fingerprint density at radius 3 is 2.59 bits per heavy atom. The molecule has 17 heavy (non-hydrogen) atoms. The summed E-state index contributed by atoms with van der Waals surface area (Å²) in [6.45, 7) is 3.98. The summed E-state index contributed by atoms with van der Waals surface area (Å²) < 4.78 is 5.37. The van der Waals surface area contributed by atoms with Gasteiger partial charge in [0.05, 0.1) is 11.5 Å². The predicted octanol–water partition coefficient (Wildman–Crippen LogP) is 2.43. The summed E-state index contributed by atoms with van der Waals surface area (Å²) in [5.74, 6) is 0.839. The molecule has 0 amide bonds. The Labute approximate surface area is 105 Å². The molecule has 2 fully saturated rings. The van der Waals surface area contributed by atoms with E-state index in [2.05, 4.69) is 18.0 Å². The average molecular weight is 236 g/mol. The summed E-state index contributed by atoms with van der Waals surface area (Å²) in [7, 11) is 2.16. The van der Waals surface area contributed by atoms with Gasteiger partial charge in [-0.15, -0.1) is 0 Å². The number of hydrogen-bond donors (Lipinski definition) is 0. The average Bonchev–Trinajstić information content (AvgIpc) is 2.33. The van der Waals surface area contributed by atoms with Gasteiger partial charge in [0.2, 0.25) is 0 Å². The number of ether oxygens (including phenoxy) is 1. The first kappa shape index (κ1) is 12.9. The highest BCUT2D eigenvalue weighted by molar-refractivity contribution is 5.06. The molecule has 0 unspecified atom stereocenters. The smallest absolute Gasteiger partial charge is 0.0703 e. The monoisotopic (exact) mass is 236 g/mol. The zero-order valence-corrected chi connectivity index (χ0v) is 11.0. The van der Waals surface area contributed by atoms with Crippen LogP contribution in [0, 0.1) is 22.7 Å².